The van der Waals surface area contributed by atoms with Crippen LogP contribution in [0, 0.1) is 6.92 Å². The molecule has 16 heavy (non-hydrogen) atoms. The molecule has 0 atom stereocenters. The number of aromatic nitrogens is 2. The van der Waals surface area contributed by atoms with Gasteiger partial charge in [0.2, 0.25) is 0 Å². The van der Waals surface area contributed by atoms with Gasteiger partial charge in [0.05, 0.1) is 5.69 Å². The standard InChI is InChI=1S/C12H12BrN3/c1-8-7-9(3-4-10(8)13)11-5-6-12(14-2)16-15-11/h3-7H,1-2H3,(H,14,16). The summed E-state index contributed by atoms with van der Waals surface area (Å²) in [5.41, 5.74) is 3.16. The quantitative estimate of drug-likeness (QED) is 0.916. The average molecular weight is 278 g/mol. The number of halogens is 1. The van der Waals surface area contributed by atoms with Gasteiger partial charge in [0, 0.05) is 17.1 Å². The van der Waals surface area contributed by atoms with E-state index in [0.29, 0.717) is 0 Å². The Morgan fingerprint density at radius 1 is 1.12 bits per heavy atom. The minimum atomic E-state index is 0.776. The van der Waals surface area contributed by atoms with Gasteiger partial charge in [0.15, 0.2) is 0 Å². The first-order valence-corrected chi connectivity index (χ1v) is 5.78. The predicted molar refractivity (Wildman–Crippen MR) is 69.5 cm³/mol. The van der Waals surface area contributed by atoms with Crippen molar-refractivity contribution in [3.8, 4) is 11.3 Å². The lowest BCUT2D eigenvalue weighted by molar-refractivity contribution is 1.04. The van der Waals surface area contributed by atoms with Crippen LogP contribution in [0.2, 0.25) is 0 Å². The van der Waals surface area contributed by atoms with Gasteiger partial charge in [-0.05, 0) is 36.8 Å². The highest BCUT2D eigenvalue weighted by Gasteiger charge is 2.02. The van der Waals surface area contributed by atoms with E-state index < -0.39 is 0 Å². The molecule has 0 saturated carbocycles. The highest BCUT2D eigenvalue weighted by atomic mass is 79.9. The summed E-state index contributed by atoms with van der Waals surface area (Å²) in [6, 6.07) is 10.0. The zero-order valence-corrected chi connectivity index (χ0v) is 10.7. The maximum Gasteiger partial charge on any atom is 0.148 e. The number of nitrogens with zero attached hydrogens (tertiary/aromatic N) is 2. The summed E-state index contributed by atoms with van der Waals surface area (Å²) in [5, 5.41) is 11.2. The van der Waals surface area contributed by atoms with Gasteiger partial charge in [0.1, 0.15) is 5.82 Å². The monoisotopic (exact) mass is 277 g/mol. The number of hydrogen-bond donors (Lipinski definition) is 1. The Bertz CT molecular complexity index is 494. The smallest absolute Gasteiger partial charge is 0.148 e. The van der Waals surface area contributed by atoms with Crippen LogP contribution >= 0.6 is 15.9 Å². The maximum absolute atomic E-state index is 4.16. The van der Waals surface area contributed by atoms with E-state index in [0.717, 1.165) is 21.5 Å². The average Bonchev–Trinajstić information content (AvgIpc) is 2.33. The van der Waals surface area contributed by atoms with Crippen LogP contribution in [0.15, 0.2) is 34.8 Å². The molecule has 0 unspecified atom stereocenters. The lowest BCUT2D eigenvalue weighted by atomic mass is 10.1. The number of hydrogen-bond acceptors (Lipinski definition) is 3. The second-order valence-electron chi connectivity index (χ2n) is 3.52. The van der Waals surface area contributed by atoms with Gasteiger partial charge >= 0.3 is 0 Å². The van der Waals surface area contributed by atoms with Crippen molar-refractivity contribution in [1.29, 1.82) is 0 Å². The summed E-state index contributed by atoms with van der Waals surface area (Å²) in [6.45, 7) is 2.06. The number of aryl methyl sites for hydroxylation is 1. The van der Waals surface area contributed by atoms with Crippen LogP contribution in [0.5, 0.6) is 0 Å². The molecule has 1 heterocycles. The topological polar surface area (TPSA) is 37.8 Å². The van der Waals surface area contributed by atoms with Crippen LogP contribution in [-0.4, -0.2) is 17.2 Å². The first-order valence-electron chi connectivity index (χ1n) is 4.98. The van der Waals surface area contributed by atoms with Gasteiger partial charge in [-0.15, -0.1) is 10.2 Å². The highest BCUT2D eigenvalue weighted by Crippen LogP contribution is 2.23. The summed E-state index contributed by atoms with van der Waals surface area (Å²) < 4.78 is 1.11. The van der Waals surface area contributed by atoms with Crippen molar-refractivity contribution >= 4 is 21.7 Å². The molecule has 1 aromatic heterocycles. The van der Waals surface area contributed by atoms with Gasteiger partial charge < -0.3 is 5.32 Å². The summed E-state index contributed by atoms with van der Waals surface area (Å²) in [6.07, 6.45) is 0. The third-order valence-electron chi connectivity index (χ3n) is 2.37. The predicted octanol–water partition coefficient (Wildman–Crippen LogP) is 3.26. The zero-order valence-electron chi connectivity index (χ0n) is 9.16. The van der Waals surface area contributed by atoms with Crippen molar-refractivity contribution < 1.29 is 0 Å². The Hall–Kier alpha value is -1.42. The second kappa shape index (κ2) is 4.61. The molecule has 0 aliphatic carbocycles. The normalized spacial score (nSPS) is 10.2. The van der Waals surface area contributed by atoms with Gasteiger partial charge in [-0.1, -0.05) is 22.0 Å². The van der Waals surface area contributed by atoms with Crippen LogP contribution in [0.4, 0.5) is 5.82 Å². The molecule has 1 N–H and O–H groups in total. The van der Waals surface area contributed by atoms with Crippen molar-refractivity contribution in [2.24, 2.45) is 0 Å². The molecule has 0 saturated heterocycles. The molecule has 0 aliphatic rings. The number of nitrogens with one attached hydrogen (secondary N) is 1. The maximum atomic E-state index is 4.16. The van der Waals surface area contributed by atoms with E-state index in [9.17, 15) is 0 Å². The van der Waals surface area contributed by atoms with E-state index in [2.05, 4.69) is 44.4 Å². The first kappa shape index (κ1) is 11.1. The van der Waals surface area contributed by atoms with E-state index in [1.807, 2.05) is 31.3 Å². The zero-order chi connectivity index (χ0) is 11.5. The number of anilines is 1. The Balaban J connectivity index is 2.38. The Morgan fingerprint density at radius 2 is 1.94 bits per heavy atom. The molecule has 3 nitrogen and oxygen atoms in total. The molecule has 0 bridgehead atoms. The minimum absolute atomic E-state index is 0.776. The number of rotatable bonds is 2. The van der Waals surface area contributed by atoms with Gasteiger partial charge in [-0.2, -0.15) is 0 Å². The van der Waals surface area contributed by atoms with E-state index in [1.165, 1.54) is 5.56 Å². The third-order valence-corrected chi connectivity index (χ3v) is 3.26. The molecule has 1 aromatic carbocycles. The van der Waals surface area contributed by atoms with Crippen LogP contribution in [0.1, 0.15) is 5.56 Å². The fourth-order valence-corrected chi connectivity index (χ4v) is 1.67. The molecular formula is C12H12BrN3. The Labute approximate surface area is 103 Å². The lowest BCUT2D eigenvalue weighted by Gasteiger charge is -2.04. The molecule has 82 valence electrons. The molecule has 2 aromatic rings. The van der Waals surface area contributed by atoms with Gasteiger partial charge in [-0.3, -0.25) is 0 Å². The molecule has 0 radical (unpaired) electrons. The van der Waals surface area contributed by atoms with Crippen molar-refractivity contribution in [2.75, 3.05) is 12.4 Å². The van der Waals surface area contributed by atoms with Crippen molar-refractivity contribution in [2.45, 2.75) is 6.92 Å². The summed E-state index contributed by atoms with van der Waals surface area (Å²) in [5.74, 6) is 0.776. The van der Waals surface area contributed by atoms with E-state index in [1.54, 1.807) is 0 Å². The Morgan fingerprint density at radius 3 is 2.50 bits per heavy atom. The van der Waals surface area contributed by atoms with E-state index in [-0.39, 0.29) is 0 Å². The summed E-state index contributed by atoms with van der Waals surface area (Å²) >= 11 is 3.48. The van der Waals surface area contributed by atoms with E-state index in [4.69, 9.17) is 0 Å². The largest absolute Gasteiger partial charge is 0.372 e. The molecule has 4 heteroatoms. The SMILES string of the molecule is CNc1ccc(-c2ccc(Br)c(C)c2)nn1. The second-order valence-corrected chi connectivity index (χ2v) is 4.37. The van der Waals surface area contributed by atoms with E-state index >= 15 is 0 Å². The van der Waals surface area contributed by atoms with Crippen molar-refractivity contribution in [1.82, 2.24) is 10.2 Å². The summed E-state index contributed by atoms with van der Waals surface area (Å²) in [4.78, 5) is 0. The third kappa shape index (κ3) is 2.22. The van der Waals surface area contributed by atoms with Crippen LogP contribution < -0.4 is 5.32 Å². The van der Waals surface area contributed by atoms with Crippen LogP contribution in [0.25, 0.3) is 11.3 Å². The van der Waals surface area contributed by atoms with Crippen molar-refractivity contribution in [3.05, 3.63) is 40.4 Å². The highest BCUT2D eigenvalue weighted by molar-refractivity contribution is 9.10. The fraction of sp³-hybridized carbons (Fsp3) is 0.167. The minimum Gasteiger partial charge on any atom is -0.372 e. The van der Waals surface area contributed by atoms with Crippen LogP contribution in [0.3, 0.4) is 0 Å². The molecule has 0 aliphatic heterocycles. The molecule has 0 fully saturated rings. The van der Waals surface area contributed by atoms with Gasteiger partial charge in [-0.25, -0.2) is 0 Å². The lowest BCUT2D eigenvalue weighted by Crippen LogP contribution is -1.95. The molecular weight excluding hydrogens is 266 g/mol. The molecule has 0 amide bonds. The molecule has 2 rings (SSSR count). The van der Waals surface area contributed by atoms with Crippen LogP contribution in [-0.2, 0) is 0 Å². The number of benzene rings is 1. The van der Waals surface area contributed by atoms with Crippen molar-refractivity contribution in [3.63, 3.8) is 0 Å². The summed E-state index contributed by atoms with van der Waals surface area (Å²) in [7, 11) is 1.83. The fourth-order valence-electron chi connectivity index (χ4n) is 1.42. The Kier molecular flexibility index (Phi) is 3.19. The first-order chi connectivity index (χ1) is 7.70. The van der Waals surface area contributed by atoms with Gasteiger partial charge in [0.25, 0.3) is 0 Å². The molecule has 0 spiro atoms.